The first-order chi connectivity index (χ1) is 20.8. The molecule has 0 fully saturated rings. The van der Waals surface area contributed by atoms with Gasteiger partial charge in [0.15, 0.2) is 0 Å². The van der Waals surface area contributed by atoms with Crippen LogP contribution >= 0.6 is 48.9 Å². The molecule has 0 heterocycles. The van der Waals surface area contributed by atoms with Crippen molar-refractivity contribution in [2.45, 2.75) is 107 Å². The predicted molar refractivity (Wildman–Crippen MR) is 213 cm³/mol. The maximum atomic E-state index is 5.11. The summed E-state index contributed by atoms with van der Waals surface area (Å²) in [7, 11) is 0. The zero-order chi connectivity index (χ0) is 34.8. The molecule has 0 rings (SSSR count). The quantitative estimate of drug-likeness (QED) is 0.0526. The second-order valence-electron chi connectivity index (χ2n) is 9.08. The second-order valence-corrected chi connectivity index (χ2v) is 13.1. The van der Waals surface area contributed by atoms with Crippen molar-refractivity contribution >= 4 is 117 Å². The van der Waals surface area contributed by atoms with E-state index in [-0.39, 0.29) is 38.6 Å². The number of thiocarbonyl (C=S) groups is 4. The van der Waals surface area contributed by atoms with Gasteiger partial charge in [-0.2, -0.15) is 0 Å². The Morgan fingerprint density at radius 3 is 0.533 bits per heavy atom. The predicted octanol–water partition coefficient (Wildman–Crippen LogP) is 7.48. The van der Waals surface area contributed by atoms with Gasteiger partial charge in [0.2, 0.25) is 0 Å². The normalized spacial score (nSPS) is 9.87. The van der Waals surface area contributed by atoms with Gasteiger partial charge in [-0.15, -0.1) is 20.3 Å². The Morgan fingerprint density at radius 2 is 0.467 bits per heavy atom. The summed E-state index contributed by atoms with van der Waals surface area (Å²) in [4.78, 5) is 20.4. The standard InChI is InChI=1S/4C7H15NOS2.Mo/c4*1-3-5-8(6-4-2)9-7(10)11;/h4*3-6H2,1-2H3,(H,10,11);/q;;;;+4/p-4. The van der Waals surface area contributed by atoms with Crippen LogP contribution in [0.3, 0.4) is 0 Å². The van der Waals surface area contributed by atoms with E-state index in [1.165, 1.54) is 0 Å². The third kappa shape index (κ3) is 49.5. The van der Waals surface area contributed by atoms with Gasteiger partial charge in [-0.3, -0.25) is 0 Å². The molecule has 0 aliphatic rings. The van der Waals surface area contributed by atoms with E-state index in [0.717, 1.165) is 104 Å². The van der Waals surface area contributed by atoms with Gasteiger partial charge in [-0.25, -0.2) is 0 Å². The van der Waals surface area contributed by atoms with Gasteiger partial charge < -0.3 is 119 Å². The molecule has 0 radical (unpaired) electrons. The zero-order valence-corrected chi connectivity index (χ0v) is 36.9. The molecule has 0 N–H and O–H groups in total. The van der Waals surface area contributed by atoms with E-state index >= 15 is 0 Å². The molecule has 0 aliphatic carbocycles. The van der Waals surface area contributed by atoms with Crippen LogP contribution in [0, 0.1) is 0 Å². The van der Waals surface area contributed by atoms with Crippen molar-refractivity contribution in [2.24, 2.45) is 0 Å². The number of hydroxylamine groups is 8. The number of rotatable bonds is 20. The van der Waals surface area contributed by atoms with Crippen LogP contribution < -0.4 is 0 Å². The fourth-order valence-electron chi connectivity index (χ4n) is 3.23. The average Bonchev–Trinajstić information content (AvgIpc) is 2.90. The van der Waals surface area contributed by atoms with E-state index in [1.54, 1.807) is 0 Å². The topological polar surface area (TPSA) is 49.9 Å². The van der Waals surface area contributed by atoms with Gasteiger partial charge >= 0.3 is 21.1 Å². The van der Waals surface area contributed by atoms with Crippen molar-refractivity contribution in [2.75, 3.05) is 52.4 Å². The van der Waals surface area contributed by atoms with Gasteiger partial charge in [0.25, 0.3) is 0 Å². The van der Waals surface area contributed by atoms with Crippen molar-refractivity contribution < 1.29 is 40.4 Å². The van der Waals surface area contributed by atoms with E-state index in [1.807, 2.05) is 20.3 Å². The van der Waals surface area contributed by atoms with Crippen LogP contribution in [0.15, 0.2) is 0 Å². The smallest absolute Gasteiger partial charge is 0.426 e. The molecule has 0 spiro atoms. The summed E-state index contributed by atoms with van der Waals surface area (Å²) in [5.41, 5.74) is 0. The maximum absolute atomic E-state index is 5.11. The molecule has 0 saturated heterocycles. The third-order valence-electron chi connectivity index (χ3n) is 4.60. The summed E-state index contributed by atoms with van der Waals surface area (Å²) in [6.07, 6.45) is 8.43. The van der Waals surface area contributed by atoms with Crippen LogP contribution in [-0.4, -0.2) is 90.1 Å². The molecular weight excluding hydrogens is 809 g/mol. The van der Waals surface area contributed by atoms with Gasteiger partial charge in [0.1, 0.15) is 0 Å². The Bertz CT molecular complexity index is 571. The SMILES string of the molecule is CCCN(CCC)OC(=S)[S-].CCCN(CCC)OC(=S)[S-].CCCN(CCC)OC(=S)[S-].CCCN(CCC)OC(=S)[S-].[Mo+4]. The Kier molecular flexibility index (Phi) is 52.9. The Morgan fingerprint density at radius 1 is 0.356 bits per heavy atom. The van der Waals surface area contributed by atoms with Crippen LogP contribution in [0.4, 0.5) is 0 Å². The molecule has 0 bridgehead atoms. The van der Waals surface area contributed by atoms with E-state index in [2.05, 4.69) is 155 Å². The largest absolute Gasteiger partial charge is 4.00 e. The molecule has 0 saturated carbocycles. The zero-order valence-electron chi connectivity index (χ0n) is 28.4. The minimum Gasteiger partial charge on any atom is -0.426 e. The van der Waals surface area contributed by atoms with Crippen LogP contribution in [-0.2, 0) is 90.9 Å². The monoisotopic (exact) mass is 866 g/mol. The fourth-order valence-corrected chi connectivity index (χ4v) is 4.07. The first kappa shape index (κ1) is 55.4. The maximum Gasteiger partial charge on any atom is 4.00 e. The number of nitrogens with zero attached hydrogens (tertiary/aromatic N) is 4. The fraction of sp³-hybridized carbons (Fsp3) is 0.857. The van der Waals surface area contributed by atoms with Crippen LogP contribution in [0.5, 0.6) is 0 Å². The van der Waals surface area contributed by atoms with E-state index < -0.39 is 0 Å². The first-order valence-corrected chi connectivity index (χ1v) is 18.6. The molecule has 0 unspecified atom stereocenters. The molecule has 0 amide bonds. The van der Waals surface area contributed by atoms with Crippen molar-refractivity contribution in [3.8, 4) is 0 Å². The molecular formula is C28H56MoN4O4S8. The Labute approximate surface area is 333 Å². The van der Waals surface area contributed by atoms with E-state index in [0.29, 0.717) is 0 Å². The minimum absolute atomic E-state index is 0. The molecule has 17 heteroatoms. The van der Waals surface area contributed by atoms with Crippen molar-refractivity contribution in [1.82, 2.24) is 20.3 Å². The molecule has 0 aromatic carbocycles. The Balaban J connectivity index is -0.000000157. The summed E-state index contributed by atoms with van der Waals surface area (Å²) in [6, 6.07) is 0. The van der Waals surface area contributed by atoms with E-state index in [4.69, 9.17) is 19.4 Å². The molecule has 0 atom stereocenters. The van der Waals surface area contributed by atoms with Crippen molar-refractivity contribution in [3.63, 3.8) is 0 Å². The van der Waals surface area contributed by atoms with E-state index in [9.17, 15) is 0 Å². The summed E-state index contributed by atoms with van der Waals surface area (Å²) in [6.45, 7) is 23.9. The molecule has 0 aliphatic heterocycles. The van der Waals surface area contributed by atoms with Crippen LogP contribution in [0.2, 0.25) is 0 Å². The van der Waals surface area contributed by atoms with Gasteiger partial charge in [0.05, 0.1) is 17.5 Å². The third-order valence-corrected chi connectivity index (χ3v) is 5.19. The number of hydrogen-bond donors (Lipinski definition) is 0. The molecule has 45 heavy (non-hydrogen) atoms. The summed E-state index contributed by atoms with van der Waals surface area (Å²) < 4.78 is 0.748. The molecule has 0 aromatic rings. The molecule has 266 valence electrons. The second kappa shape index (κ2) is 43.0. The molecule has 8 nitrogen and oxygen atoms in total. The summed E-state index contributed by atoms with van der Waals surface area (Å²) in [5.74, 6) is 0. The Hall–Kier alpha value is 0.968. The summed E-state index contributed by atoms with van der Waals surface area (Å²) in [5, 5.41) is 7.26. The van der Waals surface area contributed by atoms with Crippen molar-refractivity contribution in [1.29, 1.82) is 0 Å². The summed E-state index contributed by atoms with van der Waals surface area (Å²) >= 11 is 37.2. The minimum atomic E-state index is 0. The van der Waals surface area contributed by atoms with Gasteiger partial charge in [-0.1, -0.05) is 55.4 Å². The van der Waals surface area contributed by atoms with Gasteiger partial charge in [-0.05, 0) is 51.4 Å². The first-order valence-electron chi connectivity index (χ1n) is 15.4. The van der Waals surface area contributed by atoms with Crippen molar-refractivity contribution in [3.05, 3.63) is 0 Å². The average molecular weight is 865 g/mol. The molecule has 0 aromatic heterocycles. The van der Waals surface area contributed by atoms with Gasteiger partial charge in [0, 0.05) is 52.4 Å². The van der Waals surface area contributed by atoms with Crippen LogP contribution in [0.1, 0.15) is 107 Å². The number of hydrogen-bond acceptors (Lipinski definition) is 16. The van der Waals surface area contributed by atoms with Crippen LogP contribution in [0.25, 0.3) is 0 Å².